The SMILES string of the molecule is COC(OC)C1C(NC(C)=O)C(=O)N1C(O)C(=O)OCc1ccccc1.c1cc2cc(c1)O2. The number of ether oxygens (including phenoxy) is 4. The monoisotopic (exact) mass is 458 g/mol. The Hall–Kier alpha value is -3.47. The van der Waals surface area contributed by atoms with Gasteiger partial charge in [0.2, 0.25) is 12.1 Å². The smallest absolute Gasteiger partial charge is 0.356 e. The number of benzene rings is 2. The molecule has 2 N–H and O–H groups in total. The number of fused-ring (bicyclic) bond motifs is 2. The number of hydrogen-bond acceptors (Lipinski definition) is 8. The summed E-state index contributed by atoms with van der Waals surface area (Å²) in [7, 11) is 2.69. The van der Waals surface area contributed by atoms with Crippen molar-refractivity contribution >= 4 is 17.8 Å². The molecule has 0 saturated carbocycles. The zero-order valence-electron chi connectivity index (χ0n) is 18.5. The molecule has 10 heteroatoms. The van der Waals surface area contributed by atoms with Crippen LogP contribution >= 0.6 is 0 Å². The first-order valence-corrected chi connectivity index (χ1v) is 10.2. The highest BCUT2D eigenvalue weighted by molar-refractivity contribution is 5.96. The summed E-state index contributed by atoms with van der Waals surface area (Å²) in [6.45, 7) is 1.21. The molecule has 3 unspecified atom stereocenters. The Morgan fingerprint density at radius 2 is 1.70 bits per heavy atom. The zero-order valence-corrected chi connectivity index (χ0v) is 18.5. The number of hydrogen-bond donors (Lipinski definition) is 2. The number of β-lactam (4-membered cyclic amide) rings is 1. The number of carbonyl (C=O) groups is 3. The van der Waals surface area contributed by atoms with Crippen LogP contribution in [0.2, 0.25) is 0 Å². The van der Waals surface area contributed by atoms with E-state index in [1.54, 1.807) is 24.3 Å². The Morgan fingerprint density at radius 3 is 2.15 bits per heavy atom. The van der Waals surface area contributed by atoms with Crippen LogP contribution in [0.3, 0.4) is 0 Å². The van der Waals surface area contributed by atoms with E-state index in [1.165, 1.54) is 21.1 Å². The Kier molecular flexibility index (Phi) is 7.99. The minimum absolute atomic E-state index is 0.0451. The third-order valence-electron chi connectivity index (χ3n) is 5.02. The van der Waals surface area contributed by atoms with Crippen molar-refractivity contribution in [2.75, 3.05) is 14.2 Å². The second-order valence-electron chi connectivity index (χ2n) is 7.30. The standard InChI is InChI=1S/C17H22N2O7.C6H4O/c1-10(20)18-12-13(17(24-2)25-3)19(14(12)21)15(22)16(23)26-9-11-7-5-4-6-8-11;1-2-5-4-6(3-1)7-5/h4-8,12-13,15,17,22H,9H2,1-3H3,(H,18,20);1-4H. The molecule has 1 saturated heterocycles. The Labute approximate surface area is 191 Å². The molecular formula is C23H26N2O8. The van der Waals surface area contributed by atoms with E-state index in [2.05, 4.69) is 5.32 Å². The summed E-state index contributed by atoms with van der Waals surface area (Å²) in [6.07, 6.45) is -2.78. The van der Waals surface area contributed by atoms with Gasteiger partial charge in [0.25, 0.3) is 5.91 Å². The molecule has 3 aliphatic heterocycles. The highest BCUT2D eigenvalue weighted by Gasteiger charge is 2.56. The van der Waals surface area contributed by atoms with Gasteiger partial charge in [-0.05, 0) is 17.7 Å². The molecule has 33 heavy (non-hydrogen) atoms. The lowest BCUT2D eigenvalue weighted by Crippen LogP contribution is -2.77. The Morgan fingerprint density at radius 1 is 1.09 bits per heavy atom. The van der Waals surface area contributed by atoms with Crippen molar-refractivity contribution in [2.24, 2.45) is 0 Å². The quantitative estimate of drug-likeness (QED) is 0.293. The molecule has 10 nitrogen and oxygen atoms in total. The lowest BCUT2D eigenvalue weighted by Gasteiger charge is -2.50. The molecule has 0 spiro atoms. The maximum absolute atomic E-state index is 12.3. The van der Waals surface area contributed by atoms with Crippen LogP contribution < -0.4 is 10.1 Å². The summed E-state index contributed by atoms with van der Waals surface area (Å²) >= 11 is 0. The predicted octanol–water partition coefficient (Wildman–Crippen LogP) is 1.17. The number of amides is 2. The Bertz CT molecular complexity index is 955. The summed E-state index contributed by atoms with van der Waals surface area (Å²) < 4.78 is 20.3. The third-order valence-corrected chi connectivity index (χ3v) is 5.02. The molecule has 3 aliphatic rings. The molecule has 0 radical (unpaired) electrons. The number of nitrogens with zero attached hydrogens (tertiary/aromatic N) is 1. The van der Waals surface area contributed by atoms with Crippen LogP contribution in [0.25, 0.3) is 0 Å². The normalized spacial score (nSPS) is 18.7. The minimum Gasteiger partial charge on any atom is -0.457 e. The topological polar surface area (TPSA) is 124 Å². The van der Waals surface area contributed by atoms with Gasteiger partial charge in [-0.25, -0.2) is 4.79 Å². The van der Waals surface area contributed by atoms with Gasteiger partial charge in [0.05, 0.1) is 0 Å². The summed E-state index contributed by atoms with van der Waals surface area (Å²) in [5.41, 5.74) is 0.738. The van der Waals surface area contributed by atoms with E-state index in [4.69, 9.17) is 18.9 Å². The molecule has 2 aromatic carbocycles. The van der Waals surface area contributed by atoms with Gasteiger partial charge in [-0.3, -0.25) is 14.5 Å². The molecule has 2 amide bonds. The van der Waals surface area contributed by atoms with Gasteiger partial charge in [-0.1, -0.05) is 36.4 Å². The fourth-order valence-corrected chi connectivity index (χ4v) is 3.44. The lowest BCUT2D eigenvalue weighted by atomic mass is 9.93. The van der Waals surface area contributed by atoms with Gasteiger partial charge in [0.15, 0.2) is 6.29 Å². The second-order valence-corrected chi connectivity index (χ2v) is 7.30. The number of likely N-dealkylation sites (tertiary alicyclic amines) is 1. The van der Waals surface area contributed by atoms with Gasteiger partial charge in [0, 0.05) is 27.2 Å². The largest absolute Gasteiger partial charge is 0.457 e. The molecule has 0 aromatic heterocycles. The van der Waals surface area contributed by atoms with Crippen LogP contribution in [0.5, 0.6) is 11.5 Å². The van der Waals surface area contributed by atoms with Crippen molar-refractivity contribution in [2.45, 2.75) is 38.1 Å². The van der Waals surface area contributed by atoms with Gasteiger partial charge >= 0.3 is 5.97 Å². The minimum atomic E-state index is -1.84. The fraction of sp³-hybridized carbons (Fsp3) is 0.348. The lowest BCUT2D eigenvalue weighted by molar-refractivity contribution is -0.221. The number of carbonyl (C=O) groups excluding carboxylic acids is 3. The molecular weight excluding hydrogens is 432 g/mol. The van der Waals surface area contributed by atoms with Gasteiger partial charge in [0.1, 0.15) is 30.2 Å². The van der Waals surface area contributed by atoms with Crippen LogP contribution in [0.1, 0.15) is 12.5 Å². The van der Waals surface area contributed by atoms with Crippen LogP contribution in [0.4, 0.5) is 0 Å². The first kappa shape index (κ1) is 24.2. The first-order chi connectivity index (χ1) is 15.8. The molecule has 2 aromatic rings. The number of aliphatic hydroxyl groups is 1. The molecule has 176 valence electrons. The van der Waals surface area contributed by atoms with E-state index in [-0.39, 0.29) is 6.61 Å². The van der Waals surface area contributed by atoms with E-state index in [9.17, 15) is 19.5 Å². The summed E-state index contributed by atoms with van der Waals surface area (Å²) in [5, 5.41) is 12.7. The summed E-state index contributed by atoms with van der Waals surface area (Å²) in [5.74, 6) is -0.0806. The fourth-order valence-electron chi connectivity index (χ4n) is 3.44. The average Bonchev–Trinajstić information content (AvgIpc) is 2.82. The van der Waals surface area contributed by atoms with Crippen LogP contribution in [0, 0.1) is 0 Å². The number of esters is 1. The number of rotatable bonds is 8. The van der Waals surface area contributed by atoms with Gasteiger partial charge in [-0.15, -0.1) is 0 Å². The van der Waals surface area contributed by atoms with Crippen LogP contribution in [0.15, 0.2) is 54.6 Å². The average molecular weight is 458 g/mol. The first-order valence-electron chi connectivity index (χ1n) is 10.2. The van der Waals surface area contributed by atoms with E-state index in [0.29, 0.717) is 0 Å². The van der Waals surface area contributed by atoms with E-state index < -0.39 is 42.4 Å². The van der Waals surface area contributed by atoms with Crippen molar-refractivity contribution in [3.05, 3.63) is 60.2 Å². The summed E-state index contributed by atoms with van der Waals surface area (Å²) in [4.78, 5) is 36.6. The highest BCUT2D eigenvalue weighted by atomic mass is 16.7. The molecule has 2 bridgehead atoms. The summed E-state index contributed by atoms with van der Waals surface area (Å²) in [6, 6.07) is 14.9. The van der Waals surface area contributed by atoms with Crippen molar-refractivity contribution in [1.82, 2.24) is 10.2 Å². The third kappa shape index (κ3) is 5.67. The number of aliphatic hydroxyl groups excluding tert-OH is 1. The molecule has 0 aliphatic carbocycles. The van der Waals surface area contributed by atoms with E-state index in [0.717, 1.165) is 22.0 Å². The Balaban J connectivity index is 0.000000364. The van der Waals surface area contributed by atoms with Crippen LogP contribution in [-0.2, 0) is 35.2 Å². The number of methoxy groups -OCH3 is 2. The molecule has 1 fully saturated rings. The highest BCUT2D eigenvalue weighted by Crippen LogP contribution is 2.33. The van der Waals surface area contributed by atoms with Crippen molar-refractivity contribution in [3.8, 4) is 11.5 Å². The number of nitrogens with one attached hydrogen (secondary N) is 1. The maximum Gasteiger partial charge on any atom is 0.356 e. The van der Waals surface area contributed by atoms with Crippen molar-refractivity contribution in [1.29, 1.82) is 0 Å². The molecule has 3 heterocycles. The zero-order chi connectivity index (χ0) is 24.0. The van der Waals surface area contributed by atoms with Crippen molar-refractivity contribution in [3.63, 3.8) is 0 Å². The predicted molar refractivity (Wildman–Crippen MR) is 115 cm³/mol. The van der Waals surface area contributed by atoms with Gasteiger partial charge in [-0.2, -0.15) is 0 Å². The maximum atomic E-state index is 12.3. The van der Waals surface area contributed by atoms with Gasteiger partial charge < -0.3 is 29.4 Å². The van der Waals surface area contributed by atoms with Crippen LogP contribution in [-0.4, -0.2) is 66.6 Å². The molecule has 5 rings (SSSR count). The van der Waals surface area contributed by atoms with E-state index >= 15 is 0 Å². The van der Waals surface area contributed by atoms with E-state index in [1.807, 2.05) is 30.3 Å². The molecule has 3 atom stereocenters. The van der Waals surface area contributed by atoms with Crippen molar-refractivity contribution < 1.29 is 38.4 Å². The second kappa shape index (κ2) is 10.9.